The lowest BCUT2D eigenvalue weighted by Crippen LogP contribution is -2.13. The largest absolute Gasteiger partial charge is 0.491 e. The number of ether oxygens (including phenoxy) is 1. The number of benzene rings is 1. The molecule has 0 amide bonds. The van der Waals surface area contributed by atoms with Gasteiger partial charge in [0.1, 0.15) is 5.75 Å². The highest BCUT2D eigenvalue weighted by molar-refractivity contribution is 6.32. The van der Waals surface area contributed by atoms with Gasteiger partial charge in [-0.2, -0.15) is 0 Å². The molecule has 0 aliphatic rings. The maximum atomic E-state index is 6.23. The van der Waals surface area contributed by atoms with Crippen LogP contribution in [0.4, 0.5) is 0 Å². The van der Waals surface area contributed by atoms with Gasteiger partial charge in [0.15, 0.2) is 0 Å². The Kier molecular flexibility index (Phi) is 7.92. The quantitative estimate of drug-likeness (QED) is 0.727. The lowest BCUT2D eigenvalue weighted by atomic mass is 10.0. The van der Waals surface area contributed by atoms with Crippen molar-refractivity contribution in [3.8, 4) is 5.75 Å². The van der Waals surface area contributed by atoms with Crippen LogP contribution in [0.25, 0.3) is 0 Å². The maximum Gasteiger partial charge on any atom is 0.141 e. The van der Waals surface area contributed by atoms with Crippen molar-refractivity contribution in [1.29, 1.82) is 0 Å². The number of para-hydroxylation sites is 1. The summed E-state index contributed by atoms with van der Waals surface area (Å²) in [5.41, 5.74) is 6.74. The van der Waals surface area contributed by atoms with Crippen molar-refractivity contribution < 1.29 is 4.74 Å². The Hall–Kier alpha value is -0.730. The molecule has 0 spiro atoms. The van der Waals surface area contributed by atoms with Crippen LogP contribution in [-0.4, -0.2) is 13.2 Å². The molecule has 19 heavy (non-hydrogen) atoms. The van der Waals surface area contributed by atoms with Crippen LogP contribution in [0.1, 0.15) is 45.1 Å². The van der Waals surface area contributed by atoms with Gasteiger partial charge in [0, 0.05) is 0 Å². The molecule has 1 aromatic rings. The Morgan fingerprint density at radius 1 is 1.32 bits per heavy atom. The van der Waals surface area contributed by atoms with Gasteiger partial charge in [-0.25, -0.2) is 0 Å². The number of rotatable bonds is 9. The Morgan fingerprint density at radius 2 is 2.11 bits per heavy atom. The van der Waals surface area contributed by atoms with Gasteiger partial charge < -0.3 is 10.5 Å². The molecule has 0 aliphatic heterocycles. The fourth-order valence-corrected chi connectivity index (χ4v) is 2.42. The summed E-state index contributed by atoms with van der Waals surface area (Å²) in [7, 11) is 0. The molecule has 2 N–H and O–H groups in total. The molecule has 0 fully saturated rings. The van der Waals surface area contributed by atoms with Gasteiger partial charge in [0.25, 0.3) is 0 Å². The van der Waals surface area contributed by atoms with Crippen molar-refractivity contribution in [2.24, 2.45) is 11.7 Å². The Morgan fingerprint density at radius 3 is 2.74 bits per heavy atom. The first-order chi connectivity index (χ1) is 9.22. The summed E-state index contributed by atoms with van der Waals surface area (Å²) in [6.45, 7) is 5.81. The van der Waals surface area contributed by atoms with E-state index in [9.17, 15) is 0 Å². The van der Waals surface area contributed by atoms with Gasteiger partial charge in [0.2, 0.25) is 0 Å². The highest BCUT2D eigenvalue weighted by Crippen LogP contribution is 2.30. The minimum absolute atomic E-state index is 0.613. The monoisotopic (exact) mass is 283 g/mol. The topological polar surface area (TPSA) is 35.2 Å². The molecular formula is C16H26ClNO. The van der Waals surface area contributed by atoms with Crippen molar-refractivity contribution in [1.82, 2.24) is 0 Å². The second-order valence-corrected chi connectivity index (χ2v) is 5.40. The highest BCUT2D eigenvalue weighted by Gasteiger charge is 2.11. The van der Waals surface area contributed by atoms with Crippen LogP contribution in [0.2, 0.25) is 5.02 Å². The third-order valence-corrected chi connectivity index (χ3v) is 3.77. The number of unbranched alkanes of at least 4 members (excludes halogenated alkanes) is 1. The second kappa shape index (κ2) is 9.22. The van der Waals surface area contributed by atoms with Crippen molar-refractivity contribution in [2.75, 3.05) is 13.2 Å². The molecule has 108 valence electrons. The molecule has 1 aromatic carbocycles. The third-order valence-electron chi connectivity index (χ3n) is 3.47. The first kappa shape index (κ1) is 16.3. The van der Waals surface area contributed by atoms with E-state index in [1.165, 1.54) is 19.3 Å². The Bertz CT molecular complexity index is 368. The van der Waals surface area contributed by atoms with Crippen molar-refractivity contribution in [2.45, 2.75) is 46.0 Å². The SMILES string of the molecule is CCCCC(CC)COc1c(Cl)cccc1CCN. The van der Waals surface area contributed by atoms with E-state index in [1.54, 1.807) is 0 Å². The fourth-order valence-electron chi connectivity index (χ4n) is 2.17. The summed E-state index contributed by atoms with van der Waals surface area (Å²) in [6, 6.07) is 5.87. The highest BCUT2D eigenvalue weighted by atomic mass is 35.5. The van der Waals surface area contributed by atoms with Gasteiger partial charge in [-0.3, -0.25) is 0 Å². The van der Waals surface area contributed by atoms with Crippen LogP contribution in [0, 0.1) is 5.92 Å². The predicted molar refractivity (Wildman–Crippen MR) is 83.0 cm³/mol. The molecule has 3 heteroatoms. The Labute approximate surface area is 122 Å². The molecular weight excluding hydrogens is 258 g/mol. The average molecular weight is 284 g/mol. The molecule has 1 atom stereocenters. The lowest BCUT2D eigenvalue weighted by Gasteiger charge is -2.18. The Balaban J connectivity index is 2.64. The number of halogens is 1. The molecule has 0 bridgehead atoms. The van der Waals surface area contributed by atoms with E-state index in [2.05, 4.69) is 13.8 Å². The van der Waals surface area contributed by atoms with Gasteiger partial charge in [-0.15, -0.1) is 0 Å². The molecule has 1 unspecified atom stereocenters. The molecule has 0 aliphatic carbocycles. The van der Waals surface area contributed by atoms with E-state index in [0.717, 1.165) is 30.8 Å². The summed E-state index contributed by atoms with van der Waals surface area (Å²) < 4.78 is 5.98. The molecule has 0 saturated carbocycles. The average Bonchev–Trinajstić information content (AvgIpc) is 2.41. The van der Waals surface area contributed by atoms with Gasteiger partial charge in [0.05, 0.1) is 11.6 Å². The first-order valence-corrected chi connectivity index (χ1v) is 7.70. The minimum atomic E-state index is 0.613. The summed E-state index contributed by atoms with van der Waals surface area (Å²) in [5.74, 6) is 1.44. The summed E-state index contributed by atoms with van der Waals surface area (Å²) in [6.07, 6.45) is 5.68. The zero-order chi connectivity index (χ0) is 14.1. The normalized spacial score (nSPS) is 12.4. The van der Waals surface area contributed by atoms with E-state index in [0.29, 0.717) is 17.5 Å². The molecule has 1 rings (SSSR count). The summed E-state index contributed by atoms with van der Waals surface area (Å²) in [4.78, 5) is 0. The van der Waals surface area contributed by atoms with Crippen LogP contribution in [0.15, 0.2) is 18.2 Å². The van der Waals surface area contributed by atoms with Crippen LogP contribution < -0.4 is 10.5 Å². The summed E-state index contributed by atoms with van der Waals surface area (Å²) >= 11 is 6.23. The smallest absolute Gasteiger partial charge is 0.141 e. The van der Waals surface area contributed by atoms with E-state index >= 15 is 0 Å². The van der Waals surface area contributed by atoms with Crippen LogP contribution in [0.3, 0.4) is 0 Å². The fraction of sp³-hybridized carbons (Fsp3) is 0.625. The van der Waals surface area contributed by atoms with Gasteiger partial charge >= 0.3 is 0 Å². The molecule has 2 nitrogen and oxygen atoms in total. The standard InChI is InChI=1S/C16H26ClNO/c1-3-5-7-13(4-2)12-19-16-14(10-11-18)8-6-9-15(16)17/h6,8-9,13H,3-5,7,10-12,18H2,1-2H3. The zero-order valence-corrected chi connectivity index (χ0v) is 12.9. The minimum Gasteiger partial charge on any atom is -0.491 e. The number of nitrogens with two attached hydrogens (primary N) is 1. The van der Waals surface area contributed by atoms with Crippen LogP contribution in [-0.2, 0) is 6.42 Å². The van der Waals surface area contributed by atoms with Crippen LogP contribution >= 0.6 is 11.6 Å². The van der Waals surface area contributed by atoms with Crippen molar-refractivity contribution in [3.63, 3.8) is 0 Å². The number of hydrogen-bond acceptors (Lipinski definition) is 2. The maximum absolute atomic E-state index is 6.23. The molecule has 0 radical (unpaired) electrons. The third kappa shape index (κ3) is 5.42. The zero-order valence-electron chi connectivity index (χ0n) is 12.1. The summed E-state index contributed by atoms with van der Waals surface area (Å²) in [5, 5.41) is 0.691. The van der Waals surface area contributed by atoms with Crippen molar-refractivity contribution in [3.05, 3.63) is 28.8 Å². The van der Waals surface area contributed by atoms with E-state index < -0.39 is 0 Å². The van der Waals surface area contributed by atoms with Crippen molar-refractivity contribution >= 4 is 11.6 Å². The van der Waals surface area contributed by atoms with Crippen LogP contribution in [0.5, 0.6) is 5.75 Å². The second-order valence-electron chi connectivity index (χ2n) is 4.99. The molecule has 0 saturated heterocycles. The molecule has 0 aromatic heterocycles. The first-order valence-electron chi connectivity index (χ1n) is 7.33. The number of hydrogen-bond donors (Lipinski definition) is 1. The molecule has 0 heterocycles. The lowest BCUT2D eigenvalue weighted by molar-refractivity contribution is 0.231. The van der Waals surface area contributed by atoms with E-state index in [-0.39, 0.29) is 0 Å². The van der Waals surface area contributed by atoms with E-state index in [4.69, 9.17) is 22.1 Å². The predicted octanol–water partition coefficient (Wildman–Crippen LogP) is 4.44. The van der Waals surface area contributed by atoms with E-state index in [1.807, 2.05) is 18.2 Å². The van der Waals surface area contributed by atoms with Gasteiger partial charge in [-0.05, 0) is 36.9 Å². The van der Waals surface area contributed by atoms with Gasteiger partial charge in [-0.1, -0.05) is 56.8 Å².